The molecule has 0 spiro atoms. The molecular weight excluding hydrogens is 352 g/mol. The fourth-order valence-electron chi connectivity index (χ4n) is 4.35. The Balaban J connectivity index is 1.69. The largest absolute Gasteiger partial charge is 0.336 e. The van der Waals surface area contributed by atoms with Crippen molar-refractivity contribution in [2.45, 2.75) is 88.2 Å². The molecule has 2 aliphatic rings. The van der Waals surface area contributed by atoms with Crippen LogP contribution >= 0.6 is 11.8 Å². The van der Waals surface area contributed by atoms with Gasteiger partial charge >= 0.3 is 5.69 Å². The van der Waals surface area contributed by atoms with Gasteiger partial charge in [-0.05, 0) is 32.6 Å². The number of hydrogen-bond donors (Lipinski definition) is 1. The van der Waals surface area contributed by atoms with Gasteiger partial charge in [0.25, 0.3) is 0 Å². The van der Waals surface area contributed by atoms with E-state index >= 15 is 0 Å². The van der Waals surface area contributed by atoms with E-state index in [4.69, 9.17) is 0 Å². The maximum Gasteiger partial charge on any atom is 0.323 e. The van der Waals surface area contributed by atoms with Gasteiger partial charge in [-0.1, -0.05) is 50.3 Å². The number of aromatic nitrogens is 2. The van der Waals surface area contributed by atoms with Gasteiger partial charge < -0.3 is 4.90 Å². The number of nitrogens with zero attached hydrogens (tertiary/aromatic N) is 3. The molecule has 1 heterocycles. The first-order chi connectivity index (χ1) is 12.6. The van der Waals surface area contributed by atoms with E-state index in [0.717, 1.165) is 25.7 Å². The molecule has 1 aromatic heterocycles. The lowest BCUT2D eigenvalue weighted by Crippen LogP contribution is -2.49. The Morgan fingerprint density at radius 1 is 1.15 bits per heavy atom. The lowest BCUT2D eigenvalue weighted by Gasteiger charge is -2.41. The molecule has 1 aromatic rings. The second-order valence-corrected chi connectivity index (χ2v) is 8.40. The van der Waals surface area contributed by atoms with Crippen molar-refractivity contribution in [3.8, 4) is 0 Å². The Bertz CT molecular complexity index is 618. The molecule has 2 saturated carbocycles. The third-order valence-electron chi connectivity index (χ3n) is 5.62. The predicted octanol–water partition coefficient (Wildman–Crippen LogP) is 4.21. The average molecular weight is 381 g/mol. The van der Waals surface area contributed by atoms with Crippen molar-refractivity contribution in [1.29, 1.82) is 0 Å². The van der Waals surface area contributed by atoms with Crippen molar-refractivity contribution in [3.05, 3.63) is 15.8 Å². The third-order valence-corrected chi connectivity index (χ3v) is 6.57. The Labute approximate surface area is 158 Å². The first-order valence-corrected chi connectivity index (χ1v) is 10.7. The monoisotopic (exact) mass is 380 g/mol. The zero-order valence-corrected chi connectivity index (χ0v) is 16.2. The average Bonchev–Trinajstić information content (AvgIpc) is 3.03. The number of amides is 1. The normalized spacial score (nSPS) is 19.4. The van der Waals surface area contributed by atoms with Crippen molar-refractivity contribution >= 4 is 23.4 Å². The van der Waals surface area contributed by atoms with Crippen molar-refractivity contribution < 1.29 is 9.72 Å². The lowest BCUT2D eigenvalue weighted by atomic mass is 9.88. The van der Waals surface area contributed by atoms with Gasteiger partial charge in [-0.15, -0.1) is 0 Å². The van der Waals surface area contributed by atoms with Crippen LogP contribution in [0.4, 0.5) is 5.69 Å². The zero-order chi connectivity index (χ0) is 18.5. The fraction of sp³-hybridized carbons (Fsp3) is 0.778. The van der Waals surface area contributed by atoms with Crippen LogP contribution in [0.2, 0.25) is 0 Å². The van der Waals surface area contributed by atoms with Crippen molar-refractivity contribution in [1.82, 2.24) is 15.1 Å². The number of hydrogen-bond acceptors (Lipinski definition) is 5. The Hall–Kier alpha value is -1.57. The van der Waals surface area contributed by atoms with E-state index in [0.29, 0.717) is 22.8 Å². The van der Waals surface area contributed by atoms with E-state index in [9.17, 15) is 14.9 Å². The van der Waals surface area contributed by atoms with Crippen LogP contribution in [0.5, 0.6) is 0 Å². The van der Waals surface area contributed by atoms with E-state index in [1.165, 1.54) is 50.3 Å². The Morgan fingerprint density at radius 3 is 2.19 bits per heavy atom. The summed E-state index contributed by atoms with van der Waals surface area (Å²) in [5.74, 6) is 0.335. The summed E-state index contributed by atoms with van der Waals surface area (Å²) in [6.07, 6.45) is 11.7. The van der Waals surface area contributed by atoms with Crippen LogP contribution in [-0.4, -0.2) is 43.8 Å². The van der Waals surface area contributed by atoms with Gasteiger partial charge in [0.05, 0.1) is 10.7 Å². The number of carbonyl (C=O) groups excluding carboxylic acids is 1. The minimum absolute atomic E-state index is 0.00955. The summed E-state index contributed by atoms with van der Waals surface area (Å²) in [5, 5.41) is 18.2. The summed E-state index contributed by atoms with van der Waals surface area (Å²) >= 11 is 1.19. The smallest absolute Gasteiger partial charge is 0.323 e. The summed E-state index contributed by atoms with van der Waals surface area (Å²) in [6.45, 7) is 1.63. The summed E-state index contributed by atoms with van der Waals surface area (Å²) in [7, 11) is 0. The van der Waals surface area contributed by atoms with Gasteiger partial charge in [-0.3, -0.25) is 20.0 Å². The number of nitrogens with one attached hydrogen (secondary N) is 1. The molecule has 7 nitrogen and oxygen atoms in total. The number of nitro groups is 1. The first-order valence-electron chi connectivity index (χ1n) is 9.71. The quantitative estimate of drug-likeness (QED) is 0.453. The minimum atomic E-state index is -0.425. The van der Waals surface area contributed by atoms with Crippen LogP contribution in [0.15, 0.2) is 5.03 Å². The highest BCUT2D eigenvalue weighted by Gasteiger charge is 2.33. The summed E-state index contributed by atoms with van der Waals surface area (Å²) in [4.78, 5) is 26.0. The predicted molar refractivity (Wildman–Crippen MR) is 101 cm³/mol. The molecule has 0 aliphatic heterocycles. The minimum Gasteiger partial charge on any atom is -0.336 e. The van der Waals surface area contributed by atoms with E-state index in [1.54, 1.807) is 6.92 Å². The topological polar surface area (TPSA) is 92.1 Å². The molecule has 0 aromatic carbocycles. The van der Waals surface area contributed by atoms with Gasteiger partial charge in [0.15, 0.2) is 5.03 Å². The molecule has 26 heavy (non-hydrogen) atoms. The molecule has 0 unspecified atom stereocenters. The van der Waals surface area contributed by atoms with E-state index < -0.39 is 4.92 Å². The molecule has 0 bridgehead atoms. The highest BCUT2D eigenvalue weighted by Crippen LogP contribution is 2.33. The SMILES string of the molecule is Cc1[nH]nc(SCC(=O)N(C2CCCCC2)C2CCCCC2)c1[N+](=O)[O-]. The number of thioether (sulfide) groups is 1. The molecule has 0 radical (unpaired) electrons. The molecule has 2 fully saturated rings. The standard InChI is InChI=1S/C18H28N4O3S/c1-13-17(22(24)25)18(20-19-13)26-12-16(23)21(14-8-4-2-5-9-14)15-10-6-3-7-11-15/h14-15H,2-12H2,1H3,(H,19,20). The van der Waals surface area contributed by atoms with Gasteiger partial charge in [0, 0.05) is 12.1 Å². The molecule has 2 aliphatic carbocycles. The van der Waals surface area contributed by atoms with Crippen LogP contribution in [0.1, 0.15) is 69.9 Å². The summed E-state index contributed by atoms with van der Waals surface area (Å²) in [5.41, 5.74) is 0.422. The third kappa shape index (κ3) is 4.39. The highest BCUT2D eigenvalue weighted by molar-refractivity contribution is 8.00. The molecule has 1 N–H and O–H groups in total. The number of H-pyrrole nitrogens is 1. The second kappa shape index (κ2) is 8.88. The number of aromatic amines is 1. The number of aryl methyl sites for hydroxylation is 1. The van der Waals surface area contributed by atoms with Crippen molar-refractivity contribution in [2.24, 2.45) is 0 Å². The van der Waals surface area contributed by atoms with Crippen LogP contribution in [0, 0.1) is 17.0 Å². The van der Waals surface area contributed by atoms with E-state index in [2.05, 4.69) is 15.1 Å². The molecule has 0 saturated heterocycles. The first kappa shape index (κ1) is 19.2. The van der Waals surface area contributed by atoms with Gasteiger partial charge in [0.2, 0.25) is 5.91 Å². The van der Waals surface area contributed by atoms with Gasteiger partial charge in [0.1, 0.15) is 5.69 Å². The van der Waals surface area contributed by atoms with Crippen LogP contribution < -0.4 is 0 Å². The molecule has 8 heteroatoms. The molecule has 1 amide bonds. The number of rotatable bonds is 6. The van der Waals surface area contributed by atoms with Crippen LogP contribution in [0.25, 0.3) is 0 Å². The second-order valence-electron chi connectivity index (χ2n) is 7.43. The molecule has 144 valence electrons. The van der Waals surface area contributed by atoms with E-state index in [-0.39, 0.29) is 17.3 Å². The molecular formula is C18H28N4O3S. The lowest BCUT2D eigenvalue weighted by molar-refractivity contribution is -0.388. The Kier molecular flexibility index (Phi) is 6.56. The van der Waals surface area contributed by atoms with E-state index in [1.807, 2.05) is 0 Å². The van der Waals surface area contributed by atoms with Gasteiger partial charge in [-0.2, -0.15) is 5.10 Å². The molecule has 0 atom stereocenters. The van der Waals surface area contributed by atoms with Crippen molar-refractivity contribution in [2.75, 3.05) is 5.75 Å². The summed E-state index contributed by atoms with van der Waals surface area (Å²) in [6, 6.07) is 0.687. The maximum absolute atomic E-state index is 13.1. The highest BCUT2D eigenvalue weighted by atomic mass is 32.2. The maximum atomic E-state index is 13.1. The summed E-state index contributed by atoms with van der Waals surface area (Å²) < 4.78 is 0. The fourth-order valence-corrected chi connectivity index (χ4v) is 5.23. The molecule has 3 rings (SSSR count). The van der Waals surface area contributed by atoms with Gasteiger partial charge in [-0.25, -0.2) is 0 Å². The zero-order valence-electron chi connectivity index (χ0n) is 15.4. The Morgan fingerprint density at radius 2 is 1.69 bits per heavy atom. The van der Waals surface area contributed by atoms with Crippen molar-refractivity contribution in [3.63, 3.8) is 0 Å². The van der Waals surface area contributed by atoms with Crippen LogP contribution in [-0.2, 0) is 4.79 Å². The number of carbonyl (C=O) groups is 1. The van der Waals surface area contributed by atoms with Crippen LogP contribution in [0.3, 0.4) is 0 Å².